The summed E-state index contributed by atoms with van der Waals surface area (Å²) in [6.45, 7) is 0. The van der Waals surface area contributed by atoms with Gasteiger partial charge < -0.3 is 0 Å². The third kappa shape index (κ3) is 2.65. The van der Waals surface area contributed by atoms with Crippen LogP contribution in [0.25, 0.3) is 5.57 Å². The SMILES string of the molecule is BrC1=CC2=[C]([Ge]=[CH]1)C(c1ccccc1)(c1ccccc1)c1ccc(Br)cc12. The molecule has 3 aromatic carbocycles. The maximum absolute atomic E-state index is 3.74. The molecule has 0 atom stereocenters. The maximum atomic E-state index is 3.74. The predicted molar refractivity (Wildman–Crippen MR) is 123 cm³/mol. The van der Waals surface area contributed by atoms with Crippen molar-refractivity contribution >= 4 is 57.3 Å². The van der Waals surface area contributed by atoms with E-state index < -0.39 is 15.0 Å². The van der Waals surface area contributed by atoms with Gasteiger partial charge in [0, 0.05) is 0 Å². The number of hydrogen-bond donors (Lipinski definition) is 0. The van der Waals surface area contributed by atoms with Crippen molar-refractivity contribution in [1.82, 2.24) is 0 Å². The Morgan fingerprint density at radius 1 is 0.741 bits per heavy atom. The molecule has 3 aromatic rings. The predicted octanol–water partition coefficient (Wildman–Crippen LogP) is 6.31. The third-order valence-corrected chi connectivity index (χ3v) is 10.1. The van der Waals surface area contributed by atoms with Crippen LogP contribution in [0.5, 0.6) is 0 Å². The van der Waals surface area contributed by atoms with Gasteiger partial charge in [0.2, 0.25) is 0 Å². The molecule has 1 aliphatic carbocycles. The molecule has 2 aliphatic rings. The van der Waals surface area contributed by atoms with Crippen LogP contribution in [0.3, 0.4) is 0 Å². The summed E-state index contributed by atoms with van der Waals surface area (Å²) in [5, 5.41) is 0. The van der Waals surface area contributed by atoms with Gasteiger partial charge in [-0.1, -0.05) is 0 Å². The molecule has 129 valence electrons. The molecular weight excluding hydrogens is 521 g/mol. The average molecular weight is 536 g/mol. The summed E-state index contributed by atoms with van der Waals surface area (Å²) in [4.78, 5) is 2.40. The van der Waals surface area contributed by atoms with E-state index in [-0.39, 0.29) is 5.41 Å². The molecule has 0 saturated heterocycles. The normalized spacial score (nSPS) is 16.7. The molecule has 0 amide bonds. The standard InChI is InChI=1S/C24H15Br2Ge/c25-18-11-12-22-20(13-18)21-14-19(26)15-27-23(21)24(22,16-7-3-1-4-8-16)17-9-5-2-6-10-17/h1-15H. The molecule has 0 unspecified atom stereocenters. The van der Waals surface area contributed by atoms with Crippen LogP contribution in [-0.4, -0.2) is 19.8 Å². The van der Waals surface area contributed by atoms with Crippen LogP contribution in [-0.2, 0) is 5.41 Å². The van der Waals surface area contributed by atoms with Crippen LogP contribution in [0.15, 0.2) is 98.3 Å². The van der Waals surface area contributed by atoms with Crippen molar-refractivity contribution in [3.05, 3.63) is 121 Å². The number of rotatable bonds is 2. The summed E-state index contributed by atoms with van der Waals surface area (Å²) in [6.07, 6.45) is 2.31. The van der Waals surface area contributed by atoms with Gasteiger partial charge in [-0.2, -0.15) is 0 Å². The van der Waals surface area contributed by atoms with Gasteiger partial charge in [0.25, 0.3) is 0 Å². The number of allylic oxidation sites excluding steroid dienone is 4. The monoisotopic (exact) mass is 535 g/mol. The summed E-state index contributed by atoms with van der Waals surface area (Å²) >= 11 is 7.03. The first kappa shape index (κ1) is 17.6. The van der Waals surface area contributed by atoms with Crippen LogP contribution in [0.1, 0.15) is 22.3 Å². The van der Waals surface area contributed by atoms with E-state index >= 15 is 0 Å². The molecule has 5 rings (SSSR count). The molecule has 0 aromatic heterocycles. The van der Waals surface area contributed by atoms with Crippen molar-refractivity contribution in [2.75, 3.05) is 0 Å². The Kier molecular flexibility index (Phi) is 4.46. The second-order valence-corrected chi connectivity index (χ2v) is 10.9. The van der Waals surface area contributed by atoms with Gasteiger partial charge in [0.05, 0.1) is 0 Å². The van der Waals surface area contributed by atoms with Gasteiger partial charge >= 0.3 is 183 Å². The van der Waals surface area contributed by atoms with E-state index in [1.165, 1.54) is 32.3 Å². The summed E-state index contributed by atoms with van der Waals surface area (Å²) in [5.74, 6) is 0. The molecule has 3 heteroatoms. The van der Waals surface area contributed by atoms with Crippen molar-refractivity contribution in [1.29, 1.82) is 0 Å². The van der Waals surface area contributed by atoms with E-state index in [0.717, 1.165) is 4.47 Å². The second kappa shape index (κ2) is 6.84. The van der Waals surface area contributed by atoms with Crippen LogP contribution in [0.4, 0.5) is 0 Å². The number of hydrogen-bond acceptors (Lipinski definition) is 0. The summed E-state index contributed by atoms with van der Waals surface area (Å²) < 4.78 is 3.92. The summed E-state index contributed by atoms with van der Waals surface area (Å²) in [5.41, 5.74) is 6.65. The van der Waals surface area contributed by atoms with E-state index in [9.17, 15) is 0 Å². The van der Waals surface area contributed by atoms with Gasteiger partial charge in [-0.25, -0.2) is 0 Å². The Labute approximate surface area is 182 Å². The number of halogens is 2. The van der Waals surface area contributed by atoms with Crippen LogP contribution < -0.4 is 0 Å². The first-order chi connectivity index (χ1) is 13.2. The average Bonchev–Trinajstić information content (AvgIpc) is 2.99. The molecule has 27 heavy (non-hydrogen) atoms. The molecule has 0 fully saturated rings. The van der Waals surface area contributed by atoms with E-state index in [1.54, 1.807) is 4.41 Å². The zero-order valence-corrected chi connectivity index (χ0v) is 19.7. The van der Waals surface area contributed by atoms with E-state index in [4.69, 9.17) is 0 Å². The Hall–Kier alpha value is -1.49. The van der Waals surface area contributed by atoms with Crippen LogP contribution in [0.2, 0.25) is 0 Å². The van der Waals surface area contributed by atoms with Gasteiger partial charge in [-0.05, 0) is 0 Å². The van der Waals surface area contributed by atoms with E-state index in [1.807, 2.05) is 0 Å². The fraction of sp³-hybridized carbons (Fsp3) is 0.0417. The van der Waals surface area contributed by atoms with E-state index in [2.05, 4.69) is 122 Å². The zero-order valence-electron chi connectivity index (χ0n) is 14.4. The first-order valence-electron chi connectivity index (χ1n) is 8.84. The topological polar surface area (TPSA) is 0 Å². The summed E-state index contributed by atoms with van der Waals surface area (Å²) in [7, 11) is 0. The van der Waals surface area contributed by atoms with Gasteiger partial charge in [-0.15, -0.1) is 0 Å². The Morgan fingerprint density at radius 2 is 1.37 bits per heavy atom. The van der Waals surface area contributed by atoms with Gasteiger partial charge in [-0.3, -0.25) is 0 Å². The van der Waals surface area contributed by atoms with Crippen molar-refractivity contribution in [3.63, 3.8) is 0 Å². The molecule has 0 nitrogen and oxygen atoms in total. The Balaban J connectivity index is 1.96. The van der Waals surface area contributed by atoms with Crippen LogP contribution in [0, 0.1) is 0 Å². The number of fused-ring (bicyclic) bond motifs is 2. The van der Waals surface area contributed by atoms with Crippen molar-refractivity contribution in [2.45, 2.75) is 5.41 Å². The molecule has 0 spiro atoms. The quantitative estimate of drug-likeness (QED) is 0.338. The molecule has 1 radical (unpaired) electrons. The Morgan fingerprint density at radius 3 is 2.00 bits per heavy atom. The summed E-state index contributed by atoms with van der Waals surface area (Å²) in [6, 6.07) is 28.8. The third-order valence-electron chi connectivity index (χ3n) is 5.37. The van der Waals surface area contributed by atoms with Gasteiger partial charge in [0.1, 0.15) is 0 Å². The molecule has 1 aliphatic heterocycles. The van der Waals surface area contributed by atoms with Crippen molar-refractivity contribution in [2.24, 2.45) is 0 Å². The fourth-order valence-electron chi connectivity index (χ4n) is 4.34. The van der Waals surface area contributed by atoms with Gasteiger partial charge in [0.15, 0.2) is 0 Å². The molecule has 0 N–H and O–H groups in total. The molecular formula is C24H15Br2Ge. The van der Waals surface area contributed by atoms with Crippen molar-refractivity contribution in [3.8, 4) is 0 Å². The van der Waals surface area contributed by atoms with E-state index in [0.29, 0.717) is 0 Å². The zero-order chi connectivity index (χ0) is 18.4. The first-order valence-corrected chi connectivity index (χ1v) is 12.7. The fourth-order valence-corrected chi connectivity index (χ4v) is 8.39. The molecule has 0 saturated carbocycles. The minimum absolute atomic E-state index is 0.200. The minimum atomic E-state index is -0.405. The van der Waals surface area contributed by atoms with Crippen LogP contribution >= 0.6 is 31.9 Å². The molecule has 1 heterocycles. The van der Waals surface area contributed by atoms with Crippen molar-refractivity contribution < 1.29 is 0 Å². The second-order valence-electron chi connectivity index (χ2n) is 6.78. The number of benzene rings is 3. The Bertz CT molecular complexity index is 1090. The molecule has 0 bridgehead atoms.